The average molecular weight is 1100 g/mol. The molecule has 0 bridgehead atoms. The highest BCUT2D eigenvalue weighted by molar-refractivity contribution is 6.32. The van der Waals surface area contributed by atoms with Gasteiger partial charge in [0.05, 0.1) is 32.8 Å². The summed E-state index contributed by atoms with van der Waals surface area (Å²) >= 11 is 5.93. The molecule has 9 rings (SSSR count). The standard InChI is InChI=1S/C47H49ClF2N4O9.C8H9NO4.C2H6/c1-28-19-30(10-17-39(28)60-2)25-52(34-13-14-34)45(56)41-36(33-11-8-29(9-12-33)6-4-18-61-43-38(50)16-15-37(49)42(43)48)23-47-22-32(21-40(47)53(27-55)44(41)47)24-51-46(57)63-35-7-3-5-31(20-35)26-62-54(58)59;1-12-8-4-2-3-7(5-8)6-13-9(10)11;1-2/h3,5,7-12,15-17,19-20,27,32,34,36,40-41,44H,4,6,13-14,18,21-26H2,1-2H3,(H,51,57);2-5H,6H2,1H3;1-2H3. The van der Waals surface area contributed by atoms with Crippen molar-refractivity contribution in [3.63, 3.8) is 0 Å². The predicted octanol–water partition coefficient (Wildman–Crippen LogP) is 10.8. The average Bonchev–Trinajstić information content (AvgIpc) is 2.92. The van der Waals surface area contributed by atoms with Gasteiger partial charge < -0.3 is 43.7 Å². The van der Waals surface area contributed by atoms with Crippen LogP contribution in [-0.2, 0) is 45.4 Å². The third kappa shape index (κ3) is 13.9. The van der Waals surface area contributed by atoms with Crippen LogP contribution in [0.4, 0.5) is 13.6 Å². The molecule has 4 fully saturated rings. The Morgan fingerprint density at radius 3 is 2.09 bits per heavy atom. The highest BCUT2D eigenvalue weighted by Crippen LogP contribution is 2.68. The van der Waals surface area contributed by atoms with Crippen LogP contribution in [0.25, 0.3) is 0 Å². The van der Waals surface area contributed by atoms with Crippen LogP contribution in [0, 0.1) is 56.0 Å². The van der Waals surface area contributed by atoms with Gasteiger partial charge in [-0.2, -0.15) is 0 Å². The first kappa shape index (κ1) is 58.0. The zero-order chi connectivity index (χ0) is 56.1. The highest BCUT2D eigenvalue weighted by Gasteiger charge is 2.73. The number of hydrogen-bond acceptors (Lipinski definition) is 13. The number of methoxy groups -OCH3 is 2. The number of rotatable bonds is 22. The summed E-state index contributed by atoms with van der Waals surface area (Å²) in [6.07, 6.45) is 5.20. The Morgan fingerprint density at radius 2 is 1.47 bits per heavy atom. The van der Waals surface area contributed by atoms with Gasteiger partial charge in [-0.3, -0.25) is 9.59 Å². The van der Waals surface area contributed by atoms with E-state index in [1.165, 1.54) is 13.2 Å². The molecule has 1 aliphatic heterocycles. The van der Waals surface area contributed by atoms with Crippen LogP contribution in [-0.4, -0.2) is 83.9 Å². The number of likely N-dealkylation sites (tertiary alicyclic amines) is 1. The fourth-order valence-corrected chi connectivity index (χ4v) is 11.5. The van der Waals surface area contributed by atoms with Crippen LogP contribution in [0.1, 0.15) is 91.7 Å². The first-order valence-electron chi connectivity index (χ1n) is 25.8. The highest BCUT2D eigenvalue weighted by atomic mass is 35.5. The summed E-state index contributed by atoms with van der Waals surface area (Å²) in [5, 5.41) is 21.3. The van der Waals surface area contributed by atoms with E-state index < -0.39 is 38.8 Å². The molecule has 3 saturated carbocycles. The maximum absolute atomic E-state index is 15.2. The summed E-state index contributed by atoms with van der Waals surface area (Å²) in [6.45, 7) is 6.51. The van der Waals surface area contributed by atoms with Gasteiger partial charge in [-0.15, -0.1) is 20.2 Å². The van der Waals surface area contributed by atoms with Gasteiger partial charge in [-0.25, -0.2) is 13.6 Å². The monoisotopic (exact) mass is 1100 g/mol. The second-order valence-electron chi connectivity index (χ2n) is 19.5. The van der Waals surface area contributed by atoms with E-state index in [-0.39, 0.29) is 72.6 Å². The Hall–Kier alpha value is -7.74. The van der Waals surface area contributed by atoms with E-state index in [1.54, 1.807) is 49.6 Å². The minimum atomic E-state index is -0.890. The van der Waals surface area contributed by atoms with Crippen molar-refractivity contribution < 1.29 is 62.0 Å². The Balaban J connectivity index is 0.000000512. The lowest BCUT2D eigenvalue weighted by molar-refractivity contribution is -0.763. The number of aryl methyl sites for hydroxylation is 2. The van der Waals surface area contributed by atoms with E-state index in [0.717, 1.165) is 59.4 Å². The van der Waals surface area contributed by atoms with Gasteiger partial charge in [0.15, 0.2) is 11.6 Å². The van der Waals surface area contributed by atoms with Gasteiger partial charge in [-0.1, -0.05) is 86.1 Å². The van der Waals surface area contributed by atoms with E-state index in [2.05, 4.69) is 33.2 Å². The number of nitrogens with one attached hydrogen (secondary N) is 1. The summed E-state index contributed by atoms with van der Waals surface area (Å²) in [4.78, 5) is 74.2. The van der Waals surface area contributed by atoms with Crippen LogP contribution < -0.4 is 24.3 Å². The molecule has 3 aliphatic carbocycles. The minimum absolute atomic E-state index is 0.00599. The van der Waals surface area contributed by atoms with Crippen LogP contribution in [0.2, 0.25) is 5.02 Å². The van der Waals surface area contributed by atoms with Crippen molar-refractivity contribution in [1.82, 2.24) is 15.1 Å². The SMILES string of the molecule is CC.COc1ccc(CN(C(=O)C2C(c3ccc(CCCOc4c(F)ccc(F)c4Cl)cc3)CC34CC(CNC(=O)Oc5cccc(CO[N+](=O)[O-])c5)CC3N(C=O)C24)C2CC2)cc1C.COc1cccc(CO[N+](=O)[O-])c1. The Kier molecular flexibility index (Phi) is 19.7. The number of carbonyl (C=O) groups excluding carboxylic acids is 3. The lowest BCUT2D eigenvalue weighted by Crippen LogP contribution is -2.69. The van der Waals surface area contributed by atoms with Crippen LogP contribution in [0.15, 0.2) is 103 Å². The van der Waals surface area contributed by atoms with Gasteiger partial charge in [0.2, 0.25) is 12.3 Å². The molecule has 4 aliphatic rings. The minimum Gasteiger partial charge on any atom is -0.497 e. The van der Waals surface area contributed by atoms with Gasteiger partial charge in [-0.05, 0) is 140 Å². The first-order valence-corrected chi connectivity index (χ1v) is 26.2. The van der Waals surface area contributed by atoms with Gasteiger partial charge in [0.25, 0.3) is 10.2 Å². The Morgan fingerprint density at radius 1 is 0.833 bits per heavy atom. The molecule has 1 saturated heterocycles. The lowest BCUT2D eigenvalue weighted by Gasteiger charge is -2.58. The van der Waals surface area contributed by atoms with Crippen molar-refractivity contribution in [2.24, 2.45) is 17.3 Å². The molecule has 5 aromatic rings. The quantitative estimate of drug-likeness (QED) is 0.0225. The largest absolute Gasteiger partial charge is 0.497 e. The number of hydrogen-bond donors (Lipinski definition) is 1. The molecular formula is C57H64ClF2N5O13. The van der Waals surface area contributed by atoms with Crippen molar-refractivity contribution in [3.05, 3.63) is 173 Å². The number of ether oxygens (including phenoxy) is 4. The molecule has 3 amide bonds. The summed E-state index contributed by atoms with van der Waals surface area (Å²) in [5.41, 5.74) is 4.82. The number of halogens is 3. The molecule has 1 N–H and O–H groups in total. The molecular weight excluding hydrogens is 1040 g/mol. The van der Waals surface area contributed by atoms with E-state index in [0.29, 0.717) is 62.1 Å². The molecule has 6 atom stereocenters. The van der Waals surface area contributed by atoms with E-state index >= 15 is 4.79 Å². The van der Waals surface area contributed by atoms with Crippen molar-refractivity contribution in [3.8, 4) is 23.0 Å². The van der Waals surface area contributed by atoms with Gasteiger partial charge in [0, 0.05) is 30.6 Å². The van der Waals surface area contributed by atoms with Gasteiger partial charge in [0.1, 0.15) is 41.3 Å². The maximum Gasteiger partial charge on any atom is 0.412 e. The van der Waals surface area contributed by atoms with Gasteiger partial charge >= 0.3 is 6.09 Å². The predicted molar refractivity (Wildman–Crippen MR) is 283 cm³/mol. The smallest absolute Gasteiger partial charge is 0.412 e. The van der Waals surface area contributed by atoms with Crippen LogP contribution in [0.3, 0.4) is 0 Å². The number of benzene rings is 5. The lowest BCUT2D eigenvalue weighted by atomic mass is 9.66. The van der Waals surface area contributed by atoms with Crippen LogP contribution in [0.5, 0.6) is 23.0 Å². The summed E-state index contributed by atoms with van der Waals surface area (Å²) in [5.74, 6) is -0.802. The van der Waals surface area contributed by atoms with Crippen molar-refractivity contribution in [2.45, 2.75) is 110 Å². The molecule has 0 radical (unpaired) electrons. The second kappa shape index (κ2) is 26.5. The zero-order valence-electron chi connectivity index (χ0n) is 44.1. The summed E-state index contributed by atoms with van der Waals surface area (Å²) in [6, 6.07) is 29.0. The molecule has 78 heavy (non-hydrogen) atoms. The van der Waals surface area contributed by atoms with E-state index in [1.807, 2.05) is 54.8 Å². The molecule has 6 unspecified atom stereocenters. The fourth-order valence-electron chi connectivity index (χ4n) is 11.3. The number of amides is 3. The number of nitrogens with zero attached hydrogens (tertiary/aromatic N) is 4. The maximum atomic E-state index is 15.2. The molecule has 21 heteroatoms. The summed E-state index contributed by atoms with van der Waals surface area (Å²) < 4.78 is 49.6. The molecule has 18 nitrogen and oxygen atoms in total. The molecule has 416 valence electrons. The third-order valence-electron chi connectivity index (χ3n) is 14.7. The van der Waals surface area contributed by atoms with E-state index in [4.69, 9.17) is 30.5 Å². The fraction of sp³-hybridized carbons (Fsp3) is 0.421. The molecule has 0 aromatic heterocycles. The molecule has 5 aromatic carbocycles. The van der Waals surface area contributed by atoms with Crippen LogP contribution >= 0.6 is 11.6 Å². The molecule has 1 heterocycles. The first-order chi connectivity index (χ1) is 37.6. The zero-order valence-corrected chi connectivity index (χ0v) is 44.8. The Bertz CT molecular complexity index is 2920. The number of carbonyl (C=O) groups is 3. The Labute approximate surface area is 456 Å². The summed E-state index contributed by atoms with van der Waals surface area (Å²) in [7, 11) is 3.17. The molecule has 1 spiro atoms. The van der Waals surface area contributed by atoms with E-state index in [9.17, 15) is 38.6 Å². The topological polar surface area (TPSA) is 211 Å². The third-order valence-corrected chi connectivity index (χ3v) is 15.1. The van der Waals surface area contributed by atoms with Crippen molar-refractivity contribution >= 4 is 30.0 Å². The van der Waals surface area contributed by atoms with Crippen molar-refractivity contribution in [2.75, 3.05) is 27.4 Å². The van der Waals surface area contributed by atoms with Crippen molar-refractivity contribution in [1.29, 1.82) is 0 Å². The second-order valence-corrected chi connectivity index (χ2v) is 19.9. The normalized spacial score (nSPS) is 20.4.